The van der Waals surface area contributed by atoms with Crippen LogP contribution < -0.4 is 5.32 Å². The predicted octanol–water partition coefficient (Wildman–Crippen LogP) is 1.34. The maximum atomic E-state index is 12.9. The Bertz CT molecular complexity index is 501. The molecule has 2 rings (SSSR count). The van der Waals surface area contributed by atoms with Crippen molar-refractivity contribution in [2.45, 2.75) is 12.8 Å². The van der Waals surface area contributed by atoms with Gasteiger partial charge in [-0.1, -0.05) is 0 Å². The Morgan fingerprint density at radius 3 is 2.75 bits per heavy atom. The number of rotatable bonds is 3. The van der Waals surface area contributed by atoms with Gasteiger partial charge in [-0.15, -0.1) is 0 Å². The highest BCUT2D eigenvalue weighted by molar-refractivity contribution is 5.93. The lowest BCUT2D eigenvalue weighted by Crippen LogP contribution is -2.40. The summed E-state index contributed by atoms with van der Waals surface area (Å²) in [7, 11) is 0. The highest BCUT2D eigenvalue weighted by atomic mass is 19.1. The van der Waals surface area contributed by atoms with Gasteiger partial charge in [-0.25, -0.2) is 9.78 Å². The van der Waals surface area contributed by atoms with Crippen molar-refractivity contribution in [1.29, 1.82) is 0 Å². The number of hydrogen-bond acceptors (Lipinski definition) is 3. The molecule has 0 atom stereocenters. The van der Waals surface area contributed by atoms with E-state index in [1.54, 1.807) is 0 Å². The minimum absolute atomic E-state index is 0.237. The number of carbonyl (C=O) groups is 2. The summed E-state index contributed by atoms with van der Waals surface area (Å²) in [4.78, 5) is 27.3. The molecule has 0 aromatic carbocycles. The second-order valence-electron chi connectivity index (χ2n) is 4.79. The molecule has 0 aliphatic carbocycles. The molecule has 0 bridgehead atoms. The number of hydrogen-bond donors (Lipinski definition) is 2. The fraction of sp³-hybridized carbons (Fsp3) is 0.462. The van der Waals surface area contributed by atoms with Crippen molar-refractivity contribution in [3.8, 4) is 0 Å². The lowest BCUT2D eigenvalue weighted by atomic mass is 9.97. The molecule has 1 aliphatic heterocycles. The Labute approximate surface area is 115 Å². The van der Waals surface area contributed by atoms with Crippen LogP contribution in [0.3, 0.4) is 0 Å². The highest BCUT2D eigenvalue weighted by Crippen LogP contribution is 2.16. The number of aromatic nitrogens is 1. The summed E-state index contributed by atoms with van der Waals surface area (Å²) >= 11 is 0. The van der Waals surface area contributed by atoms with E-state index < -0.39 is 12.0 Å². The van der Waals surface area contributed by atoms with E-state index in [1.807, 2.05) is 0 Å². The van der Waals surface area contributed by atoms with Gasteiger partial charge in [-0.3, -0.25) is 4.79 Å². The molecule has 1 aromatic heterocycles. The Morgan fingerprint density at radius 1 is 1.45 bits per heavy atom. The summed E-state index contributed by atoms with van der Waals surface area (Å²) in [5.41, 5.74) is 0.237. The standard InChI is InChI=1S/C13H16FN3O3/c14-11-7-10(1-4-15-11)12(18)16-8-9-2-5-17(6-3-9)13(19)20/h1,4,7,9H,2-3,5-6,8H2,(H,16,18)(H,19,20). The van der Waals surface area contributed by atoms with Crippen LogP contribution in [-0.4, -0.2) is 46.6 Å². The molecule has 108 valence electrons. The lowest BCUT2D eigenvalue weighted by molar-refractivity contribution is 0.0928. The minimum atomic E-state index is -0.903. The Hall–Kier alpha value is -2.18. The van der Waals surface area contributed by atoms with Gasteiger partial charge >= 0.3 is 6.09 Å². The van der Waals surface area contributed by atoms with Crippen LogP contribution in [-0.2, 0) is 0 Å². The van der Waals surface area contributed by atoms with E-state index >= 15 is 0 Å². The Morgan fingerprint density at radius 2 is 2.15 bits per heavy atom. The molecule has 20 heavy (non-hydrogen) atoms. The molecule has 1 saturated heterocycles. The van der Waals surface area contributed by atoms with Crippen molar-refractivity contribution in [1.82, 2.24) is 15.2 Å². The molecular weight excluding hydrogens is 265 g/mol. The largest absolute Gasteiger partial charge is 0.465 e. The van der Waals surface area contributed by atoms with Crippen LogP contribution in [0.2, 0.25) is 0 Å². The van der Waals surface area contributed by atoms with Gasteiger partial charge in [-0.2, -0.15) is 4.39 Å². The summed E-state index contributed by atoms with van der Waals surface area (Å²) < 4.78 is 12.9. The number of halogens is 1. The first-order valence-electron chi connectivity index (χ1n) is 6.44. The Kier molecular flexibility index (Phi) is 4.49. The number of likely N-dealkylation sites (tertiary alicyclic amines) is 1. The van der Waals surface area contributed by atoms with Crippen molar-refractivity contribution in [2.75, 3.05) is 19.6 Å². The van der Waals surface area contributed by atoms with Crippen molar-refractivity contribution < 1.29 is 19.1 Å². The predicted molar refractivity (Wildman–Crippen MR) is 68.9 cm³/mol. The van der Waals surface area contributed by atoms with Crippen LogP contribution in [0, 0.1) is 11.9 Å². The number of amides is 2. The molecular formula is C13H16FN3O3. The third kappa shape index (κ3) is 3.66. The van der Waals surface area contributed by atoms with Crippen molar-refractivity contribution in [2.24, 2.45) is 5.92 Å². The third-order valence-corrected chi connectivity index (χ3v) is 3.43. The number of pyridine rings is 1. The number of carboxylic acid groups (broad SMARTS) is 1. The van der Waals surface area contributed by atoms with Gasteiger partial charge in [-0.05, 0) is 24.8 Å². The molecule has 2 heterocycles. The highest BCUT2D eigenvalue weighted by Gasteiger charge is 2.22. The molecule has 7 heteroatoms. The second kappa shape index (κ2) is 6.31. The molecule has 2 amide bonds. The van der Waals surface area contributed by atoms with Crippen molar-refractivity contribution in [3.05, 3.63) is 29.8 Å². The number of piperidine rings is 1. The van der Waals surface area contributed by atoms with Gasteiger partial charge in [0.15, 0.2) is 0 Å². The molecule has 0 unspecified atom stereocenters. The van der Waals surface area contributed by atoms with Gasteiger partial charge in [0.05, 0.1) is 0 Å². The van der Waals surface area contributed by atoms with E-state index in [-0.39, 0.29) is 17.4 Å². The van der Waals surface area contributed by atoms with Gasteiger partial charge in [0.25, 0.3) is 5.91 Å². The van der Waals surface area contributed by atoms with E-state index in [4.69, 9.17) is 5.11 Å². The first kappa shape index (κ1) is 14.2. The number of nitrogens with zero attached hydrogens (tertiary/aromatic N) is 2. The van der Waals surface area contributed by atoms with Crippen LogP contribution >= 0.6 is 0 Å². The summed E-state index contributed by atoms with van der Waals surface area (Å²) in [6, 6.07) is 2.54. The van der Waals surface area contributed by atoms with Crippen LogP contribution in [0.1, 0.15) is 23.2 Å². The maximum Gasteiger partial charge on any atom is 0.407 e. The minimum Gasteiger partial charge on any atom is -0.465 e. The first-order valence-corrected chi connectivity index (χ1v) is 6.44. The number of nitrogens with one attached hydrogen (secondary N) is 1. The third-order valence-electron chi connectivity index (χ3n) is 3.43. The van der Waals surface area contributed by atoms with Gasteiger partial charge in [0, 0.05) is 37.5 Å². The molecule has 1 fully saturated rings. The molecule has 1 aliphatic rings. The zero-order valence-electron chi connectivity index (χ0n) is 10.9. The summed E-state index contributed by atoms with van der Waals surface area (Å²) in [5.74, 6) is -0.777. The molecule has 2 N–H and O–H groups in total. The molecule has 0 saturated carbocycles. The van der Waals surface area contributed by atoms with Crippen LogP contribution in [0.4, 0.5) is 9.18 Å². The fourth-order valence-electron chi connectivity index (χ4n) is 2.21. The molecule has 0 radical (unpaired) electrons. The quantitative estimate of drug-likeness (QED) is 0.819. The van der Waals surface area contributed by atoms with Crippen LogP contribution in [0.25, 0.3) is 0 Å². The normalized spacial score (nSPS) is 15.9. The first-order chi connectivity index (χ1) is 9.56. The van der Waals surface area contributed by atoms with Gasteiger partial charge < -0.3 is 15.3 Å². The van der Waals surface area contributed by atoms with Crippen molar-refractivity contribution >= 4 is 12.0 Å². The SMILES string of the molecule is O=C(NCC1CCN(C(=O)O)CC1)c1ccnc(F)c1. The summed E-state index contributed by atoms with van der Waals surface area (Å²) in [6.07, 6.45) is 1.78. The van der Waals surface area contributed by atoms with E-state index in [9.17, 15) is 14.0 Å². The van der Waals surface area contributed by atoms with Crippen molar-refractivity contribution in [3.63, 3.8) is 0 Å². The zero-order chi connectivity index (χ0) is 14.5. The maximum absolute atomic E-state index is 12.9. The fourth-order valence-corrected chi connectivity index (χ4v) is 2.21. The van der Waals surface area contributed by atoms with Crippen LogP contribution in [0.15, 0.2) is 18.3 Å². The average molecular weight is 281 g/mol. The van der Waals surface area contributed by atoms with Crippen LogP contribution in [0.5, 0.6) is 0 Å². The van der Waals surface area contributed by atoms with Gasteiger partial charge in [0.2, 0.25) is 5.95 Å². The number of carbonyl (C=O) groups excluding carboxylic acids is 1. The summed E-state index contributed by atoms with van der Waals surface area (Å²) in [5, 5.41) is 11.6. The molecule has 0 spiro atoms. The monoisotopic (exact) mass is 281 g/mol. The second-order valence-corrected chi connectivity index (χ2v) is 4.79. The van der Waals surface area contributed by atoms with E-state index in [0.717, 1.165) is 18.9 Å². The molecule has 1 aromatic rings. The van der Waals surface area contributed by atoms with E-state index in [1.165, 1.54) is 17.2 Å². The molecule has 6 nitrogen and oxygen atoms in total. The van der Waals surface area contributed by atoms with E-state index in [2.05, 4.69) is 10.3 Å². The summed E-state index contributed by atoms with van der Waals surface area (Å²) in [6.45, 7) is 1.44. The smallest absolute Gasteiger partial charge is 0.407 e. The average Bonchev–Trinajstić information content (AvgIpc) is 2.45. The topological polar surface area (TPSA) is 82.5 Å². The Balaban J connectivity index is 1.79. The zero-order valence-corrected chi connectivity index (χ0v) is 10.9. The van der Waals surface area contributed by atoms with Gasteiger partial charge in [0.1, 0.15) is 0 Å². The lowest BCUT2D eigenvalue weighted by Gasteiger charge is -2.29. The van der Waals surface area contributed by atoms with E-state index in [0.29, 0.717) is 19.6 Å².